The molecule has 0 aromatic heterocycles. The van der Waals surface area contributed by atoms with Gasteiger partial charge in [0.2, 0.25) is 5.91 Å². The van der Waals surface area contributed by atoms with Gasteiger partial charge in [0.25, 0.3) is 0 Å². The summed E-state index contributed by atoms with van der Waals surface area (Å²) >= 11 is 4.05. The van der Waals surface area contributed by atoms with Crippen LogP contribution in [-0.2, 0) is 4.79 Å². The Balaban J connectivity index is 2.56. The molecule has 1 aliphatic rings. The first-order valence-electron chi connectivity index (χ1n) is 3.83. The van der Waals surface area contributed by atoms with Crippen LogP contribution >= 0.6 is 12.6 Å². The Bertz CT molecular complexity index is 163. The van der Waals surface area contributed by atoms with Gasteiger partial charge in [0.15, 0.2) is 0 Å². The Hall–Kier alpha value is -0.220. The third kappa shape index (κ3) is 1.68. The molecule has 4 heteroatoms. The summed E-state index contributed by atoms with van der Waals surface area (Å²) in [5.74, 6) is -0.0392. The average molecular weight is 175 g/mol. The lowest BCUT2D eigenvalue weighted by atomic mass is 10.3. The molecule has 0 radical (unpaired) electrons. The molecule has 2 atom stereocenters. The van der Waals surface area contributed by atoms with E-state index < -0.39 is 6.23 Å². The van der Waals surface area contributed by atoms with Crippen LogP contribution in [-0.4, -0.2) is 33.9 Å². The number of thiol groups is 1. The van der Waals surface area contributed by atoms with Gasteiger partial charge in [-0.2, -0.15) is 12.6 Å². The molecule has 1 heterocycles. The van der Waals surface area contributed by atoms with Crippen molar-refractivity contribution in [1.29, 1.82) is 0 Å². The zero-order chi connectivity index (χ0) is 8.43. The second-order valence-electron chi connectivity index (χ2n) is 2.76. The number of carbonyl (C=O) groups is 1. The molecule has 1 fully saturated rings. The van der Waals surface area contributed by atoms with Crippen molar-refractivity contribution in [2.45, 2.75) is 31.2 Å². The van der Waals surface area contributed by atoms with Crippen LogP contribution in [0.1, 0.15) is 19.8 Å². The lowest BCUT2D eigenvalue weighted by molar-refractivity contribution is -0.132. The van der Waals surface area contributed by atoms with Crippen molar-refractivity contribution in [2.24, 2.45) is 0 Å². The molecule has 3 nitrogen and oxygen atoms in total. The van der Waals surface area contributed by atoms with Crippen molar-refractivity contribution in [1.82, 2.24) is 4.90 Å². The van der Waals surface area contributed by atoms with Crippen LogP contribution in [0.5, 0.6) is 0 Å². The summed E-state index contributed by atoms with van der Waals surface area (Å²) in [6.07, 6.45) is 0.732. The minimum absolute atomic E-state index is 0.0392. The summed E-state index contributed by atoms with van der Waals surface area (Å²) in [7, 11) is 0. The molecule has 0 aromatic carbocycles. The Labute approximate surface area is 71.8 Å². The molecule has 1 aliphatic heterocycles. The quantitative estimate of drug-likeness (QED) is 0.590. The number of amides is 1. The van der Waals surface area contributed by atoms with Gasteiger partial charge < -0.3 is 10.0 Å². The van der Waals surface area contributed by atoms with Crippen molar-refractivity contribution < 1.29 is 9.90 Å². The first kappa shape index (κ1) is 8.87. The third-order valence-electron chi connectivity index (χ3n) is 1.83. The minimum atomic E-state index is -0.607. The lowest BCUT2D eigenvalue weighted by Gasteiger charge is -2.18. The van der Waals surface area contributed by atoms with Gasteiger partial charge in [-0.15, -0.1) is 0 Å². The molecule has 64 valence electrons. The number of aliphatic hydroxyl groups excluding tert-OH is 1. The van der Waals surface area contributed by atoms with E-state index in [9.17, 15) is 9.90 Å². The van der Waals surface area contributed by atoms with Gasteiger partial charge in [-0.1, -0.05) is 6.92 Å². The first-order valence-corrected chi connectivity index (χ1v) is 4.35. The van der Waals surface area contributed by atoms with Gasteiger partial charge in [-0.25, -0.2) is 0 Å². The Morgan fingerprint density at radius 2 is 2.45 bits per heavy atom. The molecule has 1 rings (SSSR count). The van der Waals surface area contributed by atoms with Crippen molar-refractivity contribution in [3.05, 3.63) is 0 Å². The number of likely N-dealkylation sites (tertiary alicyclic amines) is 1. The van der Waals surface area contributed by atoms with Crippen LogP contribution in [0, 0.1) is 0 Å². The highest BCUT2D eigenvalue weighted by Gasteiger charge is 2.35. The fraction of sp³-hybridized carbons (Fsp3) is 0.857. The maximum absolute atomic E-state index is 11.2. The number of nitrogens with zero attached hydrogens (tertiary/aromatic N) is 1. The van der Waals surface area contributed by atoms with Gasteiger partial charge >= 0.3 is 0 Å². The number of rotatable bonds is 2. The highest BCUT2D eigenvalue weighted by atomic mass is 32.1. The maximum Gasteiger partial charge on any atom is 0.237 e. The van der Waals surface area contributed by atoms with E-state index in [2.05, 4.69) is 12.6 Å². The number of hydrogen-bond donors (Lipinski definition) is 2. The molecule has 0 spiro atoms. The van der Waals surface area contributed by atoms with Gasteiger partial charge in [0.1, 0.15) is 6.23 Å². The topological polar surface area (TPSA) is 40.5 Å². The molecule has 0 saturated carbocycles. The van der Waals surface area contributed by atoms with Crippen LogP contribution in [0.2, 0.25) is 0 Å². The van der Waals surface area contributed by atoms with E-state index in [1.54, 1.807) is 0 Å². The number of carbonyl (C=O) groups excluding carboxylic acids is 1. The van der Waals surface area contributed by atoms with Crippen molar-refractivity contribution in [2.75, 3.05) is 6.54 Å². The summed E-state index contributed by atoms with van der Waals surface area (Å²) in [6, 6.07) is 0. The zero-order valence-electron chi connectivity index (χ0n) is 6.53. The molecule has 0 aromatic rings. The average Bonchev–Trinajstić information content (AvgIpc) is 2.17. The summed E-state index contributed by atoms with van der Waals surface area (Å²) in [5, 5.41) is 9.02. The van der Waals surface area contributed by atoms with Crippen molar-refractivity contribution in [3.8, 4) is 0 Å². The molecule has 0 aliphatic carbocycles. The van der Waals surface area contributed by atoms with Gasteiger partial charge in [0, 0.05) is 13.0 Å². The van der Waals surface area contributed by atoms with Gasteiger partial charge in [-0.05, 0) is 6.42 Å². The van der Waals surface area contributed by atoms with Crippen LogP contribution in [0.15, 0.2) is 0 Å². The van der Waals surface area contributed by atoms with E-state index in [0.717, 1.165) is 6.42 Å². The zero-order valence-corrected chi connectivity index (χ0v) is 7.42. The van der Waals surface area contributed by atoms with Crippen molar-refractivity contribution >= 4 is 18.5 Å². The predicted octanol–water partition coefficient (Wildman–Crippen LogP) is 0.245. The van der Waals surface area contributed by atoms with Crippen LogP contribution < -0.4 is 0 Å². The minimum Gasteiger partial charge on any atom is -0.373 e. The van der Waals surface area contributed by atoms with Crippen LogP contribution in [0.25, 0.3) is 0 Å². The largest absolute Gasteiger partial charge is 0.373 e. The molecule has 0 bridgehead atoms. The Morgan fingerprint density at radius 1 is 1.82 bits per heavy atom. The van der Waals surface area contributed by atoms with Crippen LogP contribution in [0.4, 0.5) is 0 Å². The second-order valence-corrected chi connectivity index (χ2v) is 3.39. The summed E-state index contributed by atoms with van der Waals surface area (Å²) < 4.78 is 0. The monoisotopic (exact) mass is 175 g/mol. The fourth-order valence-electron chi connectivity index (χ4n) is 1.27. The molecular formula is C7H13NO2S. The van der Waals surface area contributed by atoms with Crippen molar-refractivity contribution in [3.63, 3.8) is 0 Å². The van der Waals surface area contributed by atoms with E-state index in [4.69, 9.17) is 0 Å². The predicted molar refractivity (Wildman–Crippen MR) is 45.4 cm³/mol. The molecule has 11 heavy (non-hydrogen) atoms. The second kappa shape index (κ2) is 3.45. The van der Waals surface area contributed by atoms with Crippen LogP contribution in [0.3, 0.4) is 0 Å². The fourth-order valence-corrected chi connectivity index (χ4v) is 1.60. The Morgan fingerprint density at radius 3 is 2.82 bits per heavy atom. The highest BCUT2D eigenvalue weighted by molar-refractivity contribution is 7.81. The molecule has 2 unspecified atom stereocenters. The molecule has 1 saturated heterocycles. The molecular weight excluding hydrogens is 162 g/mol. The van der Waals surface area contributed by atoms with E-state index in [1.165, 1.54) is 4.90 Å². The van der Waals surface area contributed by atoms with E-state index in [1.807, 2.05) is 6.92 Å². The summed E-state index contributed by atoms with van der Waals surface area (Å²) in [5.41, 5.74) is 0. The van der Waals surface area contributed by atoms with Gasteiger partial charge in [0.05, 0.1) is 5.25 Å². The van der Waals surface area contributed by atoms with E-state index in [-0.39, 0.29) is 11.2 Å². The normalized spacial score (nSPS) is 31.5. The number of hydrogen-bond acceptors (Lipinski definition) is 3. The standard InChI is InChI=1S/C7H13NO2S/c1-2-3-8-6(9)4-5(11)7(8)10/h5-6,9,11H,2-4H2,1H3. The lowest BCUT2D eigenvalue weighted by Crippen LogP contribution is -2.34. The molecule has 1 N–H and O–H groups in total. The summed E-state index contributed by atoms with van der Waals surface area (Å²) in [4.78, 5) is 12.7. The Kier molecular flexibility index (Phi) is 2.78. The first-order chi connectivity index (χ1) is 5.16. The highest BCUT2D eigenvalue weighted by Crippen LogP contribution is 2.21. The van der Waals surface area contributed by atoms with Gasteiger partial charge in [-0.3, -0.25) is 4.79 Å². The smallest absolute Gasteiger partial charge is 0.237 e. The van der Waals surface area contributed by atoms with E-state index >= 15 is 0 Å². The third-order valence-corrected chi connectivity index (χ3v) is 2.26. The molecule has 1 amide bonds. The van der Waals surface area contributed by atoms with E-state index in [0.29, 0.717) is 13.0 Å². The SMILES string of the molecule is CCCN1C(=O)C(S)CC1O. The maximum atomic E-state index is 11.2. The summed E-state index contributed by atoms with van der Waals surface area (Å²) in [6.45, 7) is 2.61. The number of aliphatic hydroxyl groups is 1.